The molecule has 0 atom stereocenters. The van der Waals surface area contributed by atoms with Crippen LogP contribution in [-0.4, -0.2) is 51.4 Å². The van der Waals surface area contributed by atoms with Crippen LogP contribution in [0.3, 0.4) is 0 Å². The van der Waals surface area contributed by atoms with Crippen LogP contribution in [0.2, 0.25) is 0 Å². The van der Waals surface area contributed by atoms with Gasteiger partial charge in [0.25, 0.3) is 0 Å². The van der Waals surface area contributed by atoms with Crippen molar-refractivity contribution in [3.05, 3.63) is 0 Å². The molecule has 0 aromatic heterocycles. The normalized spacial score (nSPS) is 16.1. The molecular formula is C13H20O7S. The van der Waals surface area contributed by atoms with Gasteiger partial charge in [0.05, 0.1) is 25.9 Å². The molecule has 0 heterocycles. The third kappa shape index (κ3) is 6.24. The van der Waals surface area contributed by atoms with Crippen molar-refractivity contribution >= 4 is 27.6 Å². The first-order valence-corrected chi connectivity index (χ1v) is 8.49. The Hall–Kier alpha value is -1.44. The van der Waals surface area contributed by atoms with E-state index in [1.54, 1.807) is 6.92 Å². The van der Waals surface area contributed by atoms with Gasteiger partial charge in [-0.05, 0) is 25.2 Å². The molecule has 8 heteroatoms. The zero-order valence-corrected chi connectivity index (χ0v) is 13.0. The van der Waals surface area contributed by atoms with E-state index < -0.39 is 45.1 Å². The molecule has 1 saturated carbocycles. The number of rotatable bonds is 9. The third-order valence-electron chi connectivity index (χ3n) is 3.26. The Bertz CT molecular complexity index is 517. The van der Waals surface area contributed by atoms with E-state index in [1.807, 2.05) is 0 Å². The highest BCUT2D eigenvalue weighted by Gasteiger charge is 2.48. The molecule has 120 valence electrons. The van der Waals surface area contributed by atoms with E-state index in [-0.39, 0.29) is 18.8 Å². The van der Waals surface area contributed by atoms with E-state index in [0.29, 0.717) is 12.8 Å². The molecule has 0 aliphatic heterocycles. The predicted molar refractivity (Wildman–Crippen MR) is 73.2 cm³/mol. The summed E-state index contributed by atoms with van der Waals surface area (Å²) < 4.78 is 33.1. The summed E-state index contributed by atoms with van der Waals surface area (Å²) >= 11 is 0. The van der Waals surface area contributed by atoms with Gasteiger partial charge < -0.3 is 9.47 Å². The van der Waals surface area contributed by atoms with Gasteiger partial charge in [-0.15, -0.1) is 0 Å². The highest BCUT2D eigenvalue weighted by Crippen LogP contribution is 2.50. The summed E-state index contributed by atoms with van der Waals surface area (Å²) in [6.07, 6.45) is 0.729. The zero-order chi connectivity index (χ0) is 16.1. The maximum absolute atomic E-state index is 12.0. The summed E-state index contributed by atoms with van der Waals surface area (Å²) in [5, 5.41) is 0. The Morgan fingerprint density at radius 3 is 2.24 bits per heavy atom. The molecule has 0 N–H and O–H groups in total. The number of ether oxygens (including phenoxy) is 2. The molecule has 0 aromatic carbocycles. The molecule has 0 saturated heterocycles. The van der Waals surface area contributed by atoms with Gasteiger partial charge in [-0.25, -0.2) is 8.42 Å². The van der Waals surface area contributed by atoms with Crippen LogP contribution in [0.25, 0.3) is 0 Å². The minimum atomic E-state index is -3.66. The maximum Gasteiger partial charge on any atom is 0.313 e. The summed E-state index contributed by atoms with van der Waals surface area (Å²) in [4.78, 5) is 33.9. The largest absolute Gasteiger partial charge is 0.469 e. The van der Waals surface area contributed by atoms with Gasteiger partial charge in [0.2, 0.25) is 0 Å². The van der Waals surface area contributed by atoms with Gasteiger partial charge in [0, 0.05) is 0 Å². The monoisotopic (exact) mass is 320 g/mol. The number of sulfone groups is 1. The van der Waals surface area contributed by atoms with Crippen molar-refractivity contribution in [2.75, 3.05) is 25.2 Å². The molecule has 0 radical (unpaired) electrons. The Morgan fingerprint density at radius 2 is 1.76 bits per heavy atom. The summed E-state index contributed by atoms with van der Waals surface area (Å²) in [5.74, 6) is -2.81. The fraction of sp³-hybridized carbons (Fsp3) is 0.769. The number of hydrogen-bond donors (Lipinski definition) is 0. The smallest absolute Gasteiger partial charge is 0.313 e. The van der Waals surface area contributed by atoms with Crippen molar-refractivity contribution in [3.63, 3.8) is 0 Å². The number of carbonyl (C=O) groups excluding carboxylic acids is 3. The lowest BCUT2D eigenvalue weighted by Gasteiger charge is -2.13. The van der Waals surface area contributed by atoms with Crippen LogP contribution in [-0.2, 0) is 33.7 Å². The zero-order valence-electron chi connectivity index (χ0n) is 12.2. The first kappa shape index (κ1) is 17.6. The molecule has 7 nitrogen and oxygen atoms in total. The van der Waals surface area contributed by atoms with Crippen LogP contribution >= 0.6 is 0 Å². The lowest BCUT2D eigenvalue weighted by molar-refractivity contribution is -0.145. The van der Waals surface area contributed by atoms with Gasteiger partial charge in [0.1, 0.15) is 12.2 Å². The highest BCUT2D eigenvalue weighted by molar-refractivity contribution is 7.92. The number of methoxy groups -OCH3 is 1. The van der Waals surface area contributed by atoms with E-state index in [0.717, 1.165) is 0 Å². The predicted octanol–water partition coefficient (Wildman–Crippen LogP) is 0.267. The number of ketones is 1. The van der Waals surface area contributed by atoms with Crippen LogP contribution in [0.15, 0.2) is 0 Å². The van der Waals surface area contributed by atoms with E-state index in [4.69, 9.17) is 0 Å². The molecule has 1 fully saturated rings. The lowest BCUT2D eigenvalue weighted by Crippen LogP contribution is -2.27. The van der Waals surface area contributed by atoms with E-state index in [1.165, 1.54) is 7.11 Å². The van der Waals surface area contributed by atoms with Gasteiger partial charge in [-0.1, -0.05) is 0 Å². The topological polar surface area (TPSA) is 104 Å². The van der Waals surface area contributed by atoms with Crippen molar-refractivity contribution in [3.8, 4) is 0 Å². The second-order valence-corrected chi connectivity index (χ2v) is 7.37. The summed E-state index contributed by atoms with van der Waals surface area (Å²) in [7, 11) is -2.41. The van der Waals surface area contributed by atoms with Crippen LogP contribution in [0.1, 0.15) is 32.6 Å². The maximum atomic E-state index is 12.0. The quantitative estimate of drug-likeness (QED) is 0.443. The fourth-order valence-corrected chi connectivity index (χ4v) is 4.13. The Morgan fingerprint density at radius 1 is 1.14 bits per heavy atom. The van der Waals surface area contributed by atoms with Crippen molar-refractivity contribution in [2.24, 2.45) is 5.41 Å². The van der Waals surface area contributed by atoms with E-state index in [9.17, 15) is 22.8 Å². The minimum Gasteiger partial charge on any atom is -0.469 e. The van der Waals surface area contributed by atoms with Gasteiger partial charge >= 0.3 is 11.9 Å². The van der Waals surface area contributed by atoms with Crippen molar-refractivity contribution < 1.29 is 32.3 Å². The van der Waals surface area contributed by atoms with Crippen molar-refractivity contribution in [2.45, 2.75) is 32.6 Å². The average Bonchev–Trinajstić information content (AvgIpc) is 3.06. The molecule has 0 spiro atoms. The third-order valence-corrected chi connectivity index (χ3v) is 5.07. The molecule has 0 aromatic rings. The van der Waals surface area contributed by atoms with E-state index in [2.05, 4.69) is 9.47 Å². The molecule has 1 rings (SSSR count). The summed E-state index contributed by atoms with van der Waals surface area (Å²) in [5.41, 5.74) is -0.601. The number of carbonyl (C=O) groups is 3. The average molecular weight is 320 g/mol. The summed E-state index contributed by atoms with van der Waals surface area (Å²) in [6.45, 7) is 1.74. The van der Waals surface area contributed by atoms with Crippen LogP contribution in [0, 0.1) is 5.41 Å². The van der Waals surface area contributed by atoms with E-state index >= 15 is 0 Å². The molecule has 0 unspecified atom stereocenters. The van der Waals surface area contributed by atoms with Gasteiger partial charge in [-0.2, -0.15) is 0 Å². The van der Waals surface area contributed by atoms with Gasteiger partial charge in [0.15, 0.2) is 15.6 Å². The second-order valence-electron chi connectivity index (χ2n) is 5.31. The minimum absolute atomic E-state index is 0.0365. The van der Waals surface area contributed by atoms with Crippen LogP contribution < -0.4 is 0 Å². The molecule has 21 heavy (non-hydrogen) atoms. The van der Waals surface area contributed by atoms with Crippen molar-refractivity contribution in [1.82, 2.24) is 0 Å². The van der Waals surface area contributed by atoms with Gasteiger partial charge in [-0.3, -0.25) is 14.4 Å². The summed E-state index contributed by atoms with van der Waals surface area (Å²) in [6, 6.07) is 0. The molecular weight excluding hydrogens is 300 g/mol. The second kappa shape index (κ2) is 7.02. The molecule has 1 aliphatic rings. The lowest BCUT2D eigenvalue weighted by atomic mass is 10.1. The highest BCUT2D eigenvalue weighted by atomic mass is 32.2. The fourth-order valence-electron chi connectivity index (χ4n) is 2.11. The first-order chi connectivity index (χ1) is 9.72. The van der Waals surface area contributed by atoms with Crippen molar-refractivity contribution in [1.29, 1.82) is 0 Å². The van der Waals surface area contributed by atoms with Crippen LogP contribution in [0.5, 0.6) is 0 Å². The molecule has 1 aliphatic carbocycles. The molecule has 0 bridgehead atoms. The number of esters is 2. The Labute approximate surface area is 123 Å². The Balaban J connectivity index is 2.52. The Kier molecular flexibility index (Phi) is 5.88. The number of Topliss-reactive ketones (excluding diaryl/α,β-unsaturated/α-hetero) is 1. The van der Waals surface area contributed by atoms with Crippen LogP contribution in [0.4, 0.5) is 0 Å². The molecule has 0 amide bonds. The number of hydrogen-bond acceptors (Lipinski definition) is 7. The standard InChI is InChI=1S/C13H20O7S/c1-3-20-11(15)6-10(14)8-21(17,18)9-13(4-5-13)7-12(16)19-2/h3-9H2,1-2H3. The SMILES string of the molecule is CCOC(=O)CC(=O)CS(=O)(=O)CC1(CC(=O)OC)CC1. The first-order valence-electron chi connectivity index (χ1n) is 6.66.